The Kier molecular flexibility index (Phi) is 4.73. The molecule has 0 bridgehead atoms. The smallest absolute Gasteiger partial charge is 0.310 e. The summed E-state index contributed by atoms with van der Waals surface area (Å²) in [6, 6.07) is 0. The van der Waals surface area contributed by atoms with Crippen LogP contribution in [0.3, 0.4) is 0 Å². The number of rotatable bonds is 5. The number of ether oxygens (including phenoxy) is 1. The first kappa shape index (κ1) is 13.7. The van der Waals surface area contributed by atoms with Gasteiger partial charge in [-0.1, -0.05) is 13.8 Å². The molecule has 4 nitrogen and oxygen atoms in total. The van der Waals surface area contributed by atoms with Crippen LogP contribution in [0, 0.1) is 19.8 Å². The zero-order chi connectivity index (χ0) is 13.0. The zero-order valence-corrected chi connectivity index (χ0v) is 11.4. The number of nitrogens with zero attached hydrogens (tertiary/aromatic N) is 2. The predicted molar refractivity (Wildman–Crippen MR) is 66.9 cm³/mol. The molecule has 0 spiro atoms. The highest BCUT2D eigenvalue weighted by Gasteiger charge is 2.15. The molecule has 0 unspecified atom stereocenters. The molecule has 0 fully saturated rings. The maximum Gasteiger partial charge on any atom is 0.310 e. The van der Waals surface area contributed by atoms with Crippen LogP contribution in [0.2, 0.25) is 0 Å². The topological polar surface area (TPSA) is 44.1 Å². The molecule has 96 valence electrons. The number of carbonyl (C=O) groups is 1. The normalized spacial score (nSPS) is 10.9. The number of hydrogen-bond donors (Lipinski definition) is 0. The molecular weight excluding hydrogens is 216 g/mol. The third kappa shape index (κ3) is 3.58. The second-order valence-corrected chi connectivity index (χ2v) is 4.71. The highest BCUT2D eigenvalue weighted by atomic mass is 16.5. The lowest BCUT2D eigenvalue weighted by Gasteiger charge is -2.07. The van der Waals surface area contributed by atoms with E-state index in [9.17, 15) is 4.79 Å². The summed E-state index contributed by atoms with van der Waals surface area (Å²) in [7, 11) is 0. The highest BCUT2D eigenvalue weighted by Crippen LogP contribution is 2.15. The van der Waals surface area contributed by atoms with Crippen LogP contribution in [0.15, 0.2) is 0 Å². The first-order valence-electron chi connectivity index (χ1n) is 6.14. The summed E-state index contributed by atoms with van der Waals surface area (Å²) < 4.78 is 6.95. The molecule has 0 N–H and O–H groups in total. The second-order valence-electron chi connectivity index (χ2n) is 4.71. The molecule has 1 aromatic heterocycles. The Bertz CT molecular complexity index is 394. The molecule has 1 rings (SSSR count). The van der Waals surface area contributed by atoms with Gasteiger partial charge in [-0.2, -0.15) is 5.10 Å². The van der Waals surface area contributed by atoms with Gasteiger partial charge >= 0.3 is 5.97 Å². The number of aryl methyl sites for hydroxylation is 1. The standard InChI is InChI=1S/C13H22N2O2/c1-6-17-13(16)7-12-10(4)14-15(11(12)5)8-9(2)3/h9H,6-8H2,1-5H3. The highest BCUT2D eigenvalue weighted by molar-refractivity contribution is 5.73. The van der Waals surface area contributed by atoms with Crippen LogP contribution < -0.4 is 0 Å². The third-order valence-corrected chi connectivity index (χ3v) is 2.70. The first-order chi connectivity index (χ1) is 7.95. The van der Waals surface area contributed by atoms with Crippen molar-refractivity contribution in [1.29, 1.82) is 0 Å². The average Bonchev–Trinajstić information content (AvgIpc) is 2.45. The fourth-order valence-corrected chi connectivity index (χ4v) is 1.87. The van der Waals surface area contributed by atoms with Gasteiger partial charge in [0.15, 0.2) is 0 Å². The number of aromatic nitrogens is 2. The molecule has 0 aliphatic rings. The molecule has 0 saturated heterocycles. The predicted octanol–water partition coefficient (Wildman–Crippen LogP) is 2.26. The van der Waals surface area contributed by atoms with E-state index in [1.165, 1.54) is 0 Å². The molecule has 17 heavy (non-hydrogen) atoms. The maximum absolute atomic E-state index is 11.5. The first-order valence-corrected chi connectivity index (χ1v) is 6.14. The summed E-state index contributed by atoms with van der Waals surface area (Å²) >= 11 is 0. The summed E-state index contributed by atoms with van der Waals surface area (Å²) in [4.78, 5) is 11.5. The van der Waals surface area contributed by atoms with E-state index in [2.05, 4.69) is 18.9 Å². The van der Waals surface area contributed by atoms with Crippen molar-refractivity contribution in [3.05, 3.63) is 17.0 Å². The summed E-state index contributed by atoms with van der Waals surface area (Å²) in [6.07, 6.45) is 0.323. The molecule has 0 aromatic carbocycles. The Hall–Kier alpha value is -1.32. The number of carbonyl (C=O) groups excluding carboxylic acids is 1. The van der Waals surface area contributed by atoms with Crippen LogP contribution in [0.5, 0.6) is 0 Å². The lowest BCUT2D eigenvalue weighted by molar-refractivity contribution is -0.142. The fraction of sp³-hybridized carbons (Fsp3) is 0.692. The van der Waals surface area contributed by atoms with Crippen LogP contribution in [0.25, 0.3) is 0 Å². The van der Waals surface area contributed by atoms with Crippen molar-refractivity contribution < 1.29 is 9.53 Å². The third-order valence-electron chi connectivity index (χ3n) is 2.70. The van der Waals surface area contributed by atoms with Crippen molar-refractivity contribution >= 4 is 5.97 Å². The zero-order valence-electron chi connectivity index (χ0n) is 11.4. The van der Waals surface area contributed by atoms with Gasteiger partial charge in [-0.15, -0.1) is 0 Å². The van der Waals surface area contributed by atoms with Gasteiger partial charge in [0.1, 0.15) is 0 Å². The molecule has 0 amide bonds. The van der Waals surface area contributed by atoms with E-state index in [1.807, 2.05) is 25.5 Å². The summed E-state index contributed by atoms with van der Waals surface area (Å²) in [5, 5.41) is 4.47. The number of esters is 1. The Morgan fingerprint density at radius 1 is 1.41 bits per heavy atom. The average molecular weight is 238 g/mol. The minimum absolute atomic E-state index is 0.178. The fourth-order valence-electron chi connectivity index (χ4n) is 1.87. The van der Waals surface area contributed by atoms with E-state index in [1.54, 1.807) is 0 Å². The molecule has 0 atom stereocenters. The maximum atomic E-state index is 11.5. The largest absolute Gasteiger partial charge is 0.466 e. The van der Waals surface area contributed by atoms with E-state index in [-0.39, 0.29) is 5.97 Å². The van der Waals surface area contributed by atoms with E-state index >= 15 is 0 Å². The van der Waals surface area contributed by atoms with Gasteiger partial charge in [0.25, 0.3) is 0 Å². The summed E-state index contributed by atoms with van der Waals surface area (Å²) in [5.74, 6) is 0.367. The molecule has 0 aliphatic carbocycles. The molecule has 0 aliphatic heterocycles. The Labute approximate surface area is 103 Å². The van der Waals surface area contributed by atoms with Gasteiger partial charge in [-0.05, 0) is 26.7 Å². The van der Waals surface area contributed by atoms with Crippen molar-refractivity contribution in [3.63, 3.8) is 0 Å². The Morgan fingerprint density at radius 3 is 2.59 bits per heavy atom. The van der Waals surface area contributed by atoms with Crippen molar-refractivity contribution in [1.82, 2.24) is 9.78 Å². The van der Waals surface area contributed by atoms with E-state index in [4.69, 9.17) is 4.74 Å². The monoisotopic (exact) mass is 238 g/mol. The quantitative estimate of drug-likeness (QED) is 0.739. The minimum atomic E-state index is -0.178. The molecular formula is C13H22N2O2. The van der Waals surface area contributed by atoms with Gasteiger partial charge in [-0.25, -0.2) is 0 Å². The lowest BCUT2D eigenvalue weighted by Crippen LogP contribution is -2.10. The van der Waals surface area contributed by atoms with Crippen molar-refractivity contribution in [2.45, 2.75) is 47.6 Å². The molecule has 1 aromatic rings. The Balaban J connectivity index is 2.85. The van der Waals surface area contributed by atoms with Gasteiger partial charge in [0.05, 0.1) is 18.7 Å². The van der Waals surface area contributed by atoms with Gasteiger partial charge in [0, 0.05) is 17.8 Å². The van der Waals surface area contributed by atoms with Crippen LogP contribution in [0.1, 0.15) is 37.7 Å². The Morgan fingerprint density at radius 2 is 2.06 bits per heavy atom. The van der Waals surface area contributed by atoms with Crippen LogP contribution >= 0.6 is 0 Å². The van der Waals surface area contributed by atoms with Crippen molar-refractivity contribution in [3.8, 4) is 0 Å². The van der Waals surface area contributed by atoms with Gasteiger partial charge in [-0.3, -0.25) is 9.48 Å². The lowest BCUT2D eigenvalue weighted by atomic mass is 10.1. The van der Waals surface area contributed by atoms with Crippen LogP contribution in [-0.4, -0.2) is 22.4 Å². The summed E-state index contributed by atoms with van der Waals surface area (Å²) in [5.41, 5.74) is 3.00. The van der Waals surface area contributed by atoms with Gasteiger partial charge in [0.2, 0.25) is 0 Å². The second kappa shape index (κ2) is 5.84. The summed E-state index contributed by atoms with van der Waals surface area (Å²) in [6.45, 7) is 11.4. The minimum Gasteiger partial charge on any atom is -0.466 e. The molecule has 1 heterocycles. The van der Waals surface area contributed by atoms with Crippen molar-refractivity contribution in [2.75, 3.05) is 6.61 Å². The van der Waals surface area contributed by atoms with Crippen LogP contribution in [-0.2, 0) is 22.5 Å². The van der Waals surface area contributed by atoms with Crippen LogP contribution in [0.4, 0.5) is 0 Å². The molecule has 0 saturated carbocycles. The molecule has 0 radical (unpaired) electrons. The van der Waals surface area contributed by atoms with E-state index in [0.717, 1.165) is 23.5 Å². The SMILES string of the molecule is CCOC(=O)Cc1c(C)nn(CC(C)C)c1C. The van der Waals surface area contributed by atoms with E-state index in [0.29, 0.717) is 18.9 Å². The van der Waals surface area contributed by atoms with E-state index < -0.39 is 0 Å². The molecule has 4 heteroatoms. The van der Waals surface area contributed by atoms with Crippen molar-refractivity contribution in [2.24, 2.45) is 5.92 Å². The van der Waals surface area contributed by atoms with Gasteiger partial charge < -0.3 is 4.74 Å². The number of hydrogen-bond acceptors (Lipinski definition) is 3.